The van der Waals surface area contributed by atoms with Gasteiger partial charge in [-0.2, -0.15) is 0 Å². The van der Waals surface area contributed by atoms with Crippen molar-refractivity contribution in [2.24, 2.45) is 5.92 Å². The smallest absolute Gasteiger partial charge is 0.231 e. The largest absolute Gasteiger partial charge is 0.454 e. The summed E-state index contributed by atoms with van der Waals surface area (Å²) < 4.78 is 10.6. The van der Waals surface area contributed by atoms with Gasteiger partial charge in [-0.1, -0.05) is 0 Å². The highest BCUT2D eigenvalue weighted by atomic mass is 16.7. The molecule has 5 heteroatoms. The molecule has 1 N–H and O–H groups in total. The topological polar surface area (TPSA) is 59.0 Å². The lowest BCUT2D eigenvalue weighted by Crippen LogP contribution is -2.40. The number of aliphatic hydroxyl groups is 1. The van der Waals surface area contributed by atoms with Gasteiger partial charge >= 0.3 is 0 Å². The molecule has 20 heavy (non-hydrogen) atoms. The minimum absolute atomic E-state index is 0.00988. The molecule has 1 atom stereocenters. The van der Waals surface area contributed by atoms with E-state index in [4.69, 9.17) is 14.6 Å². The molecule has 0 saturated carbocycles. The lowest BCUT2D eigenvalue weighted by Gasteiger charge is -2.31. The van der Waals surface area contributed by atoms with Gasteiger partial charge in [0.25, 0.3) is 0 Å². The molecule has 0 radical (unpaired) electrons. The highest BCUT2D eigenvalue weighted by Gasteiger charge is 2.27. The standard InChI is InChI=1S/C15H19NO4/c17-7-6-16-5-1-2-12(9-16)15(18)11-3-4-13-14(8-11)20-10-19-13/h3-4,8,12,17H,1-2,5-7,9-10H2/t12-/m1/s1. The van der Waals surface area contributed by atoms with Crippen molar-refractivity contribution in [3.05, 3.63) is 23.8 Å². The molecule has 3 rings (SSSR count). The summed E-state index contributed by atoms with van der Waals surface area (Å²) in [5.41, 5.74) is 0.685. The van der Waals surface area contributed by atoms with Crippen LogP contribution in [-0.2, 0) is 0 Å². The number of fused-ring (bicyclic) bond motifs is 1. The minimum Gasteiger partial charge on any atom is -0.454 e. The van der Waals surface area contributed by atoms with Crippen molar-refractivity contribution in [2.75, 3.05) is 33.0 Å². The fraction of sp³-hybridized carbons (Fsp3) is 0.533. The van der Waals surface area contributed by atoms with Crippen molar-refractivity contribution >= 4 is 5.78 Å². The number of nitrogens with zero attached hydrogens (tertiary/aromatic N) is 1. The molecular weight excluding hydrogens is 258 g/mol. The van der Waals surface area contributed by atoms with E-state index in [0.717, 1.165) is 25.9 Å². The van der Waals surface area contributed by atoms with Crippen LogP contribution in [0.25, 0.3) is 0 Å². The molecule has 0 amide bonds. The Morgan fingerprint density at radius 1 is 1.35 bits per heavy atom. The van der Waals surface area contributed by atoms with Gasteiger partial charge in [0.2, 0.25) is 6.79 Å². The summed E-state index contributed by atoms with van der Waals surface area (Å²) in [5.74, 6) is 1.52. The zero-order chi connectivity index (χ0) is 13.9. The van der Waals surface area contributed by atoms with Crippen molar-refractivity contribution < 1.29 is 19.4 Å². The molecule has 5 nitrogen and oxygen atoms in total. The van der Waals surface area contributed by atoms with Crippen LogP contribution >= 0.6 is 0 Å². The van der Waals surface area contributed by atoms with Crippen molar-refractivity contribution in [3.63, 3.8) is 0 Å². The molecule has 0 unspecified atom stereocenters. The molecule has 2 aliphatic heterocycles. The Balaban J connectivity index is 1.72. The maximum absolute atomic E-state index is 12.6. The van der Waals surface area contributed by atoms with Crippen LogP contribution in [0.3, 0.4) is 0 Å². The number of carbonyl (C=O) groups excluding carboxylic acids is 1. The van der Waals surface area contributed by atoms with Crippen LogP contribution in [0.4, 0.5) is 0 Å². The normalized spacial score (nSPS) is 21.9. The zero-order valence-electron chi connectivity index (χ0n) is 11.4. The van der Waals surface area contributed by atoms with E-state index in [9.17, 15) is 4.79 Å². The second kappa shape index (κ2) is 5.81. The summed E-state index contributed by atoms with van der Waals surface area (Å²) in [6.45, 7) is 2.70. The number of piperidine rings is 1. The van der Waals surface area contributed by atoms with Crippen LogP contribution in [0.15, 0.2) is 18.2 Å². The average molecular weight is 277 g/mol. The molecule has 0 bridgehead atoms. The fourth-order valence-corrected chi connectivity index (χ4v) is 2.90. The van der Waals surface area contributed by atoms with Gasteiger partial charge in [-0.3, -0.25) is 4.79 Å². The van der Waals surface area contributed by atoms with Crippen molar-refractivity contribution in [1.82, 2.24) is 4.90 Å². The number of aliphatic hydroxyl groups excluding tert-OH is 1. The Bertz CT molecular complexity index is 501. The number of ether oxygens (including phenoxy) is 2. The third-order valence-corrected chi connectivity index (χ3v) is 3.95. The zero-order valence-corrected chi connectivity index (χ0v) is 11.4. The average Bonchev–Trinajstić information content (AvgIpc) is 2.94. The second-order valence-electron chi connectivity index (χ2n) is 5.30. The Labute approximate surface area is 118 Å². The predicted molar refractivity (Wildman–Crippen MR) is 73.1 cm³/mol. The molecule has 2 aliphatic rings. The first-order chi connectivity index (χ1) is 9.78. The van der Waals surface area contributed by atoms with E-state index in [-0.39, 0.29) is 25.1 Å². The minimum atomic E-state index is 0.00988. The number of rotatable bonds is 4. The highest BCUT2D eigenvalue weighted by molar-refractivity contribution is 5.98. The first kappa shape index (κ1) is 13.4. The summed E-state index contributed by atoms with van der Waals surface area (Å²) in [6, 6.07) is 5.38. The van der Waals surface area contributed by atoms with E-state index in [1.165, 1.54) is 0 Å². The first-order valence-electron chi connectivity index (χ1n) is 7.05. The summed E-state index contributed by atoms with van der Waals surface area (Å²) >= 11 is 0. The fourth-order valence-electron chi connectivity index (χ4n) is 2.90. The van der Waals surface area contributed by atoms with E-state index >= 15 is 0 Å². The monoisotopic (exact) mass is 277 g/mol. The summed E-state index contributed by atoms with van der Waals surface area (Å²) in [7, 11) is 0. The molecule has 0 spiro atoms. The molecule has 0 aliphatic carbocycles. The Hall–Kier alpha value is -1.59. The molecule has 1 fully saturated rings. The van der Waals surface area contributed by atoms with Crippen LogP contribution in [0.1, 0.15) is 23.2 Å². The molecule has 1 aromatic rings. The number of ketones is 1. The first-order valence-corrected chi connectivity index (χ1v) is 7.05. The van der Waals surface area contributed by atoms with Crippen molar-refractivity contribution in [1.29, 1.82) is 0 Å². The van der Waals surface area contributed by atoms with Crippen LogP contribution in [0.5, 0.6) is 11.5 Å². The molecule has 108 valence electrons. The third kappa shape index (κ3) is 2.64. The van der Waals surface area contributed by atoms with E-state index in [2.05, 4.69) is 4.90 Å². The number of β-amino-alcohol motifs (C(OH)–C–C–N with tert-alkyl or cyclic N) is 1. The van der Waals surface area contributed by atoms with Crippen LogP contribution in [0.2, 0.25) is 0 Å². The quantitative estimate of drug-likeness (QED) is 0.841. The van der Waals surface area contributed by atoms with Crippen LogP contribution in [-0.4, -0.2) is 48.8 Å². The van der Waals surface area contributed by atoms with Gasteiger partial charge in [0.15, 0.2) is 17.3 Å². The second-order valence-corrected chi connectivity index (χ2v) is 5.30. The SMILES string of the molecule is O=C(c1ccc2c(c1)OCO2)[C@@H]1CCCN(CCO)C1. The van der Waals surface area contributed by atoms with E-state index in [1.807, 2.05) is 0 Å². The number of hydrogen-bond donors (Lipinski definition) is 1. The van der Waals surface area contributed by atoms with E-state index in [0.29, 0.717) is 23.6 Å². The predicted octanol–water partition coefficient (Wildman–Crippen LogP) is 1.30. The van der Waals surface area contributed by atoms with Gasteiger partial charge in [-0.15, -0.1) is 0 Å². The lowest BCUT2D eigenvalue weighted by atomic mass is 9.90. The Kier molecular flexibility index (Phi) is 3.89. The number of hydrogen-bond acceptors (Lipinski definition) is 5. The summed E-state index contributed by atoms with van der Waals surface area (Å²) in [5, 5.41) is 9.01. The highest BCUT2D eigenvalue weighted by Crippen LogP contribution is 2.33. The van der Waals surface area contributed by atoms with Gasteiger partial charge < -0.3 is 19.5 Å². The van der Waals surface area contributed by atoms with E-state index in [1.54, 1.807) is 18.2 Å². The number of carbonyl (C=O) groups is 1. The maximum atomic E-state index is 12.6. The summed E-state index contributed by atoms with van der Waals surface area (Å²) in [4.78, 5) is 14.7. The van der Waals surface area contributed by atoms with Crippen molar-refractivity contribution in [2.45, 2.75) is 12.8 Å². The maximum Gasteiger partial charge on any atom is 0.231 e. The van der Waals surface area contributed by atoms with Crippen LogP contribution < -0.4 is 9.47 Å². The Morgan fingerprint density at radius 3 is 3.05 bits per heavy atom. The van der Waals surface area contributed by atoms with Gasteiger partial charge in [0.05, 0.1) is 6.61 Å². The number of benzene rings is 1. The molecule has 0 aromatic heterocycles. The van der Waals surface area contributed by atoms with Gasteiger partial charge in [-0.25, -0.2) is 0 Å². The van der Waals surface area contributed by atoms with Gasteiger partial charge in [0, 0.05) is 24.6 Å². The summed E-state index contributed by atoms with van der Waals surface area (Å²) in [6.07, 6.45) is 1.91. The van der Waals surface area contributed by atoms with Gasteiger partial charge in [0.1, 0.15) is 0 Å². The molecule has 2 heterocycles. The number of likely N-dealkylation sites (tertiary alicyclic amines) is 1. The van der Waals surface area contributed by atoms with Crippen molar-refractivity contribution in [3.8, 4) is 11.5 Å². The third-order valence-electron chi connectivity index (χ3n) is 3.95. The van der Waals surface area contributed by atoms with Gasteiger partial charge in [-0.05, 0) is 37.6 Å². The molecule has 1 saturated heterocycles. The van der Waals surface area contributed by atoms with Crippen LogP contribution in [0, 0.1) is 5.92 Å². The van der Waals surface area contributed by atoms with E-state index < -0.39 is 0 Å². The number of Topliss-reactive ketones (excluding diaryl/α,β-unsaturated/α-hetero) is 1. The molecular formula is C15H19NO4. The Morgan fingerprint density at radius 2 is 2.20 bits per heavy atom. The lowest BCUT2D eigenvalue weighted by molar-refractivity contribution is 0.0793. The molecule has 1 aromatic carbocycles.